The molecule has 0 saturated heterocycles. The second-order valence-corrected chi connectivity index (χ2v) is 2.28. The van der Waals surface area contributed by atoms with Crippen molar-refractivity contribution in [2.45, 2.75) is 4.90 Å². The molecule has 1 aromatic rings. The summed E-state index contributed by atoms with van der Waals surface area (Å²) in [6.07, 6.45) is 0. The van der Waals surface area contributed by atoms with Crippen LogP contribution >= 0.6 is 12.6 Å². The van der Waals surface area contributed by atoms with Gasteiger partial charge in [0.25, 0.3) is 0 Å². The average Bonchev–Trinajstić information content (AvgIpc) is 1.93. The molecule has 0 unspecified atom stereocenters. The molecule has 1 rings (SSSR count). The van der Waals surface area contributed by atoms with E-state index in [4.69, 9.17) is 5.73 Å². The Bertz CT molecular complexity index is 235. The molecular weight excluding hydrogens is 156 g/mol. The molecule has 0 aliphatic rings. The Morgan fingerprint density at radius 2 is 1.80 bits per heavy atom. The van der Waals surface area contributed by atoms with E-state index in [0.717, 1.165) is 0 Å². The van der Waals surface area contributed by atoms with Crippen LogP contribution in [-0.2, 0) is 0 Å². The lowest BCUT2D eigenvalue weighted by atomic mass is 10.3. The molecule has 1 aromatic carbocycles. The maximum Gasteiger partial charge on any atom is 0.182 e. The van der Waals surface area contributed by atoms with Gasteiger partial charge in [-0.05, 0) is 12.1 Å². The van der Waals surface area contributed by atoms with E-state index >= 15 is 0 Å². The Labute approximate surface area is 62.3 Å². The first kappa shape index (κ1) is 7.34. The first-order valence-electron chi connectivity index (χ1n) is 2.55. The molecule has 54 valence electrons. The molecule has 0 fully saturated rings. The van der Waals surface area contributed by atoms with E-state index in [1.807, 2.05) is 0 Å². The summed E-state index contributed by atoms with van der Waals surface area (Å²) in [4.78, 5) is -0.0355. The zero-order chi connectivity index (χ0) is 7.72. The number of nitrogens with two attached hydrogens (primary N) is 1. The van der Waals surface area contributed by atoms with Crippen LogP contribution in [0.2, 0.25) is 0 Å². The van der Waals surface area contributed by atoms with Gasteiger partial charge in [0.2, 0.25) is 0 Å². The summed E-state index contributed by atoms with van der Waals surface area (Å²) >= 11 is 3.64. The highest BCUT2D eigenvalue weighted by Gasteiger charge is 2.07. The molecule has 0 heterocycles. The second kappa shape index (κ2) is 2.46. The van der Waals surface area contributed by atoms with Gasteiger partial charge in [0.05, 0.1) is 5.69 Å². The van der Waals surface area contributed by atoms with Crippen molar-refractivity contribution < 1.29 is 8.78 Å². The Balaban J connectivity index is 3.34. The van der Waals surface area contributed by atoms with E-state index in [-0.39, 0.29) is 10.6 Å². The van der Waals surface area contributed by atoms with Crippen LogP contribution in [0, 0.1) is 11.6 Å². The molecule has 0 amide bonds. The summed E-state index contributed by atoms with van der Waals surface area (Å²) < 4.78 is 24.9. The molecular formula is C6H5F2NS. The van der Waals surface area contributed by atoms with Crippen molar-refractivity contribution in [2.75, 3.05) is 5.73 Å². The zero-order valence-corrected chi connectivity index (χ0v) is 5.83. The summed E-state index contributed by atoms with van der Waals surface area (Å²) in [7, 11) is 0. The third-order valence-electron chi connectivity index (χ3n) is 1.09. The lowest BCUT2D eigenvalue weighted by molar-refractivity contribution is 0.495. The van der Waals surface area contributed by atoms with Gasteiger partial charge in [0.15, 0.2) is 11.6 Å². The number of nitrogen functional groups attached to an aromatic ring is 1. The Morgan fingerprint density at radius 3 is 2.30 bits per heavy atom. The van der Waals surface area contributed by atoms with Crippen molar-refractivity contribution in [1.29, 1.82) is 0 Å². The van der Waals surface area contributed by atoms with Crippen molar-refractivity contribution in [1.82, 2.24) is 0 Å². The third kappa shape index (κ3) is 1.07. The van der Waals surface area contributed by atoms with Gasteiger partial charge in [0.1, 0.15) is 0 Å². The third-order valence-corrected chi connectivity index (χ3v) is 1.44. The second-order valence-electron chi connectivity index (χ2n) is 1.80. The van der Waals surface area contributed by atoms with E-state index < -0.39 is 11.6 Å². The number of halogens is 2. The van der Waals surface area contributed by atoms with Crippen LogP contribution in [0.15, 0.2) is 17.0 Å². The van der Waals surface area contributed by atoms with Gasteiger partial charge in [-0.1, -0.05) is 0 Å². The number of benzene rings is 1. The van der Waals surface area contributed by atoms with Gasteiger partial charge in [-0.3, -0.25) is 0 Å². The normalized spacial score (nSPS) is 9.90. The maximum absolute atomic E-state index is 12.5. The quantitative estimate of drug-likeness (QED) is 0.440. The molecule has 0 bridgehead atoms. The van der Waals surface area contributed by atoms with Crippen LogP contribution < -0.4 is 5.73 Å². The molecule has 0 radical (unpaired) electrons. The largest absolute Gasteiger partial charge is 0.396 e. The van der Waals surface area contributed by atoms with E-state index in [9.17, 15) is 8.78 Å². The highest BCUT2D eigenvalue weighted by Crippen LogP contribution is 2.19. The van der Waals surface area contributed by atoms with Crippen LogP contribution in [-0.4, -0.2) is 0 Å². The topological polar surface area (TPSA) is 26.0 Å². The van der Waals surface area contributed by atoms with E-state index in [0.29, 0.717) is 0 Å². The smallest absolute Gasteiger partial charge is 0.182 e. The van der Waals surface area contributed by atoms with Crippen LogP contribution in [0.4, 0.5) is 14.5 Å². The summed E-state index contributed by atoms with van der Waals surface area (Å²) in [5, 5.41) is 0. The fraction of sp³-hybridized carbons (Fsp3) is 0. The standard InChI is InChI=1S/C6H5F2NS/c7-5-3(9)1-2-4(10)6(5)8/h1-2,10H,9H2. The number of rotatable bonds is 0. The molecule has 1 nitrogen and oxygen atoms in total. The van der Waals surface area contributed by atoms with Crippen molar-refractivity contribution in [3.05, 3.63) is 23.8 Å². The Morgan fingerprint density at radius 1 is 1.20 bits per heavy atom. The minimum absolute atomic E-state index is 0.0355. The van der Waals surface area contributed by atoms with Crippen LogP contribution in [0.3, 0.4) is 0 Å². The zero-order valence-electron chi connectivity index (χ0n) is 4.94. The Hall–Kier alpha value is -0.770. The Kier molecular flexibility index (Phi) is 1.80. The van der Waals surface area contributed by atoms with E-state index in [2.05, 4.69) is 12.6 Å². The van der Waals surface area contributed by atoms with Gasteiger partial charge in [-0.2, -0.15) is 0 Å². The van der Waals surface area contributed by atoms with Gasteiger partial charge < -0.3 is 5.73 Å². The average molecular weight is 161 g/mol. The van der Waals surface area contributed by atoms with Crippen LogP contribution in [0.1, 0.15) is 0 Å². The molecule has 0 atom stereocenters. The number of thiol groups is 1. The summed E-state index contributed by atoms with van der Waals surface area (Å²) in [5.74, 6) is -2.03. The minimum Gasteiger partial charge on any atom is -0.396 e. The molecule has 0 aliphatic heterocycles. The van der Waals surface area contributed by atoms with Crippen LogP contribution in [0.5, 0.6) is 0 Å². The number of hydrogen-bond acceptors (Lipinski definition) is 2. The molecule has 0 spiro atoms. The number of hydrogen-bond donors (Lipinski definition) is 2. The molecule has 0 aliphatic carbocycles. The molecule has 2 N–H and O–H groups in total. The molecule has 10 heavy (non-hydrogen) atoms. The van der Waals surface area contributed by atoms with Crippen LogP contribution in [0.25, 0.3) is 0 Å². The SMILES string of the molecule is Nc1ccc(S)c(F)c1F. The van der Waals surface area contributed by atoms with Crippen molar-refractivity contribution in [3.63, 3.8) is 0 Å². The lowest BCUT2D eigenvalue weighted by Crippen LogP contribution is -1.94. The van der Waals surface area contributed by atoms with E-state index in [1.165, 1.54) is 12.1 Å². The van der Waals surface area contributed by atoms with Crippen molar-refractivity contribution in [2.24, 2.45) is 0 Å². The van der Waals surface area contributed by atoms with Gasteiger partial charge in [-0.25, -0.2) is 8.78 Å². The van der Waals surface area contributed by atoms with E-state index in [1.54, 1.807) is 0 Å². The summed E-state index contributed by atoms with van der Waals surface area (Å²) in [5.41, 5.74) is 4.84. The highest BCUT2D eigenvalue weighted by molar-refractivity contribution is 7.80. The van der Waals surface area contributed by atoms with Crippen molar-refractivity contribution >= 4 is 18.3 Å². The first-order chi connectivity index (χ1) is 4.63. The van der Waals surface area contributed by atoms with Gasteiger partial charge in [-0.15, -0.1) is 12.6 Å². The van der Waals surface area contributed by atoms with Gasteiger partial charge >= 0.3 is 0 Å². The molecule has 4 heteroatoms. The summed E-state index contributed by atoms with van der Waals surface area (Å²) in [6.45, 7) is 0. The van der Waals surface area contributed by atoms with Crippen molar-refractivity contribution in [3.8, 4) is 0 Å². The fourth-order valence-corrected chi connectivity index (χ4v) is 0.727. The summed E-state index contributed by atoms with van der Waals surface area (Å²) in [6, 6.07) is 2.57. The monoisotopic (exact) mass is 161 g/mol. The predicted octanol–water partition coefficient (Wildman–Crippen LogP) is 1.84. The first-order valence-corrected chi connectivity index (χ1v) is 3.00. The van der Waals surface area contributed by atoms with Gasteiger partial charge in [0, 0.05) is 4.90 Å². The fourth-order valence-electron chi connectivity index (χ4n) is 0.554. The minimum atomic E-state index is -1.03. The number of anilines is 1. The maximum atomic E-state index is 12.5. The molecule has 0 aromatic heterocycles. The predicted molar refractivity (Wildman–Crippen MR) is 38.0 cm³/mol. The highest BCUT2D eigenvalue weighted by atomic mass is 32.1. The molecule has 0 saturated carbocycles. The lowest BCUT2D eigenvalue weighted by Gasteiger charge is -1.98.